The van der Waals surface area contributed by atoms with Crippen molar-refractivity contribution in [2.75, 3.05) is 5.32 Å². The lowest BCUT2D eigenvalue weighted by atomic mass is 9.93. The summed E-state index contributed by atoms with van der Waals surface area (Å²) in [6.45, 7) is 1.81. The minimum atomic E-state index is -0.772. The summed E-state index contributed by atoms with van der Waals surface area (Å²) >= 11 is 1.46. The Morgan fingerprint density at radius 1 is 1.05 bits per heavy atom. The number of anilines is 1. The number of fused-ring (bicyclic) bond motifs is 1. The Morgan fingerprint density at radius 2 is 1.79 bits per heavy atom. The summed E-state index contributed by atoms with van der Waals surface area (Å²) in [7, 11) is 0. The molecule has 5 aromatic rings. The predicted octanol–water partition coefficient (Wildman–Crippen LogP) is 7.04. The Kier molecular flexibility index (Phi) is 5.92. The lowest BCUT2D eigenvalue weighted by Gasteiger charge is -2.14. The van der Waals surface area contributed by atoms with Gasteiger partial charge in [0.25, 0.3) is 0 Å². The van der Waals surface area contributed by atoms with Crippen LogP contribution in [0.25, 0.3) is 32.7 Å². The standard InChI is InChI=1S/C29H23N3O5S/c1-17(18-5-3-2-4-6-18)36-28(35)32-23-15-31-37-25(23)22-12-11-21(24-26(22)38-16-30-24)19-7-9-20(10-8-19)29(13-14-29)27(33)34/h2-12,15-17H,13-14H2,1H3,(H,32,35)(H,33,34). The van der Waals surface area contributed by atoms with Crippen molar-refractivity contribution in [1.82, 2.24) is 10.1 Å². The number of carboxylic acid groups (broad SMARTS) is 1. The first kappa shape index (κ1) is 23.9. The zero-order chi connectivity index (χ0) is 26.3. The van der Waals surface area contributed by atoms with E-state index >= 15 is 0 Å². The van der Waals surface area contributed by atoms with E-state index in [0.29, 0.717) is 24.3 Å². The van der Waals surface area contributed by atoms with Crippen molar-refractivity contribution in [2.24, 2.45) is 0 Å². The maximum Gasteiger partial charge on any atom is 0.412 e. The first-order chi connectivity index (χ1) is 18.5. The molecule has 0 radical (unpaired) electrons. The van der Waals surface area contributed by atoms with Crippen LogP contribution in [0.2, 0.25) is 0 Å². The number of carbonyl (C=O) groups is 2. The molecule has 2 N–H and O–H groups in total. The summed E-state index contributed by atoms with van der Waals surface area (Å²) in [4.78, 5) is 28.9. The minimum Gasteiger partial charge on any atom is -0.481 e. The molecule has 2 aromatic heterocycles. The molecule has 1 unspecified atom stereocenters. The van der Waals surface area contributed by atoms with Crippen LogP contribution in [0.1, 0.15) is 37.0 Å². The van der Waals surface area contributed by atoms with Crippen LogP contribution in [0.5, 0.6) is 0 Å². The maximum atomic E-state index is 12.6. The van der Waals surface area contributed by atoms with Crippen LogP contribution in [0.3, 0.4) is 0 Å². The van der Waals surface area contributed by atoms with Crippen LogP contribution in [0.4, 0.5) is 10.5 Å². The molecule has 0 spiro atoms. The highest BCUT2D eigenvalue weighted by molar-refractivity contribution is 7.17. The molecule has 8 nitrogen and oxygen atoms in total. The van der Waals surface area contributed by atoms with E-state index in [1.807, 2.05) is 73.7 Å². The average molecular weight is 526 g/mol. The van der Waals surface area contributed by atoms with Crippen LogP contribution in [0.15, 0.2) is 83.0 Å². The van der Waals surface area contributed by atoms with Gasteiger partial charge >= 0.3 is 12.1 Å². The first-order valence-electron chi connectivity index (χ1n) is 12.1. The van der Waals surface area contributed by atoms with Crippen LogP contribution in [-0.4, -0.2) is 27.3 Å². The van der Waals surface area contributed by atoms with E-state index in [0.717, 1.165) is 38.0 Å². The van der Waals surface area contributed by atoms with Gasteiger partial charge in [-0.15, -0.1) is 11.3 Å². The molecular formula is C29H23N3O5S. The number of nitrogens with one attached hydrogen (secondary N) is 1. The number of ether oxygens (including phenoxy) is 1. The van der Waals surface area contributed by atoms with E-state index in [-0.39, 0.29) is 0 Å². The quantitative estimate of drug-likeness (QED) is 0.234. The number of carbonyl (C=O) groups excluding carboxylic acids is 1. The zero-order valence-corrected chi connectivity index (χ0v) is 21.2. The number of rotatable bonds is 7. The summed E-state index contributed by atoms with van der Waals surface area (Å²) < 4.78 is 12.0. The zero-order valence-electron chi connectivity index (χ0n) is 20.4. The maximum absolute atomic E-state index is 12.6. The Morgan fingerprint density at radius 3 is 2.50 bits per heavy atom. The number of carboxylic acids is 1. The second-order valence-corrected chi connectivity index (χ2v) is 10.2. The van der Waals surface area contributed by atoms with E-state index in [1.165, 1.54) is 17.5 Å². The fourth-order valence-electron chi connectivity index (χ4n) is 4.70. The van der Waals surface area contributed by atoms with E-state index < -0.39 is 23.6 Å². The fraction of sp³-hybridized carbons (Fsp3) is 0.172. The monoisotopic (exact) mass is 525 g/mol. The van der Waals surface area contributed by atoms with Crippen LogP contribution in [0, 0.1) is 0 Å². The first-order valence-corrected chi connectivity index (χ1v) is 13.0. The molecule has 0 bridgehead atoms. The fourth-order valence-corrected chi connectivity index (χ4v) is 5.52. The molecular weight excluding hydrogens is 502 g/mol. The topological polar surface area (TPSA) is 115 Å². The average Bonchev–Trinajstić information content (AvgIpc) is 3.38. The highest BCUT2D eigenvalue weighted by Gasteiger charge is 2.51. The van der Waals surface area contributed by atoms with Gasteiger partial charge in [0.2, 0.25) is 0 Å². The normalized spacial score (nSPS) is 14.7. The number of aromatic nitrogens is 2. The van der Waals surface area contributed by atoms with E-state index in [2.05, 4.69) is 15.5 Å². The summed E-state index contributed by atoms with van der Waals surface area (Å²) in [6.07, 6.45) is 1.73. The number of nitrogens with zero attached hydrogens (tertiary/aromatic N) is 2. The molecule has 1 aliphatic rings. The predicted molar refractivity (Wildman–Crippen MR) is 144 cm³/mol. The molecule has 1 aliphatic carbocycles. The summed E-state index contributed by atoms with van der Waals surface area (Å²) in [6, 6.07) is 21.0. The van der Waals surface area contributed by atoms with E-state index in [1.54, 1.807) is 5.51 Å². The van der Waals surface area contributed by atoms with Crippen molar-refractivity contribution in [1.29, 1.82) is 0 Å². The van der Waals surface area contributed by atoms with Crippen molar-refractivity contribution in [3.8, 4) is 22.5 Å². The van der Waals surface area contributed by atoms with Crippen LogP contribution in [-0.2, 0) is 14.9 Å². The molecule has 1 saturated carbocycles. The third-order valence-corrected chi connectivity index (χ3v) is 7.86. The number of hydrogen-bond donors (Lipinski definition) is 2. The van der Waals surface area contributed by atoms with Gasteiger partial charge in [0.05, 0.1) is 27.3 Å². The van der Waals surface area contributed by atoms with Gasteiger partial charge in [0.1, 0.15) is 11.8 Å². The number of hydrogen-bond acceptors (Lipinski definition) is 7. The number of aliphatic carboxylic acids is 1. The minimum absolute atomic E-state index is 0.394. The van der Waals surface area contributed by atoms with Gasteiger partial charge in [-0.05, 0) is 42.5 Å². The third-order valence-electron chi connectivity index (χ3n) is 7.00. The summed E-state index contributed by atoms with van der Waals surface area (Å²) in [5.74, 6) is -0.367. The Bertz CT molecular complexity index is 1640. The molecule has 0 saturated heterocycles. The Hall–Kier alpha value is -4.50. The molecule has 1 atom stereocenters. The molecule has 38 heavy (non-hydrogen) atoms. The smallest absolute Gasteiger partial charge is 0.412 e. The van der Waals surface area contributed by atoms with Gasteiger partial charge in [0, 0.05) is 11.1 Å². The molecule has 9 heteroatoms. The van der Waals surface area contributed by atoms with Gasteiger partial charge in [0.15, 0.2) is 5.76 Å². The molecule has 2 heterocycles. The van der Waals surface area contributed by atoms with Crippen molar-refractivity contribution in [3.05, 3.63) is 89.6 Å². The second-order valence-electron chi connectivity index (χ2n) is 9.31. The van der Waals surface area contributed by atoms with Gasteiger partial charge < -0.3 is 14.4 Å². The number of benzene rings is 3. The van der Waals surface area contributed by atoms with E-state index in [4.69, 9.17) is 9.26 Å². The highest BCUT2D eigenvalue weighted by atomic mass is 32.1. The van der Waals surface area contributed by atoms with Gasteiger partial charge in [-0.25, -0.2) is 9.78 Å². The third kappa shape index (κ3) is 4.20. The number of thiazole rings is 1. The van der Waals surface area contributed by atoms with Crippen molar-refractivity contribution in [3.63, 3.8) is 0 Å². The number of amides is 1. The molecule has 0 aliphatic heterocycles. The summed E-state index contributed by atoms with van der Waals surface area (Å²) in [5, 5.41) is 16.2. The van der Waals surface area contributed by atoms with Gasteiger partial charge in [-0.2, -0.15) is 0 Å². The Labute approximate surface area is 221 Å². The van der Waals surface area contributed by atoms with Gasteiger partial charge in [-0.1, -0.05) is 65.8 Å². The molecule has 6 rings (SSSR count). The SMILES string of the molecule is CC(OC(=O)Nc1cnoc1-c1ccc(-c2ccc(C3(C(=O)O)CC3)cc2)c2ncsc12)c1ccccc1. The van der Waals surface area contributed by atoms with E-state index in [9.17, 15) is 14.7 Å². The Balaban J connectivity index is 1.26. The highest BCUT2D eigenvalue weighted by Crippen LogP contribution is 2.49. The summed E-state index contributed by atoms with van der Waals surface area (Å²) in [5.41, 5.74) is 6.50. The lowest BCUT2D eigenvalue weighted by molar-refractivity contribution is -0.140. The van der Waals surface area contributed by atoms with Crippen LogP contribution < -0.4 is 5.32 Å². The molecule has 190 valence electrons. The lowest BCUT2D eigenvalue weighted by Crippen LogP contribution is -2.19. The van der Waals surface area contributed by atoms with Crippen molar-refractivity contribution >= 4 is 39.3 Å². The molecule has 1 fully saturated rings. The largest absolute Gasteiger partial charge is 0.481 e. The second kappa shape index (κ2) is 9.42. The van der Waals surface area contributed by atoms with Crippen molar-refractivity contribution < 1.29 is 24.0 Å². The molecule has 1 amide bonds. The molecule has 3 aromatic carbocycles. The van der Waals surface area contributed by atoms with Crippen LogP contribution >= 0.6 is 11.3 Å². The van der Waals surface area contributed by atoms with Crippen molar-refractivity contribution in [2.45, 2.75) is 31.3 Å². The van der Waals surface area contributed by atoms with Gasteiger partial charge in [-0.3, -0.25) is 10.1 Å².